The summed E-state index contributed by atoms with van der Waals surface area (Å²) in [6, 6.07) is 7.32. The van der Waals surface area contributed by atoms with E-state index < -0.39 is 17.1 Å². The second kappa shape index (κ2) is 8.54. The van der Waals surface area contributed by atoms with Gasteiger partial charge in [-0.05, 0) is 12.5 Å². The van der Waals surface area contributed by atoms with Crippen molar-refractivity contribution in [3.63, 3.8) is 0 Å². The Bertz CT molecular complexity index is 1530. The predicted octanol–water partition coefficient (Wildman–Crippen LogP) is 0.837. The van der Waals surface area contributed by atoms with Crippen LogP contribution < -0.4 is 11.3 Å². The lowest BCUT2D eigenvalue weighted by molar-refractivity contribution is -0.172. The zero-order valence-corrected chi connectivity index (χ0v) is 19.8. The summed E-state index contributed by atoms with van der Waals surface area (Å²) >= 11 is 0. The number of aliphatic hydroxyl groups excluding tert-OH is 1. The van der Waals surface area contributed by atoms with E-state index in [0.29, 0.717) is 28.0 Å². The van der Waals surface area contributed by atoms with E-state index in [2.05, 4.69) is 5.10 Å². The zero-order chi connectivity index (χ0) is 25.8. The first kappa shape index (κ1) is 23.6. The molecule has 36 heavy (non-hydrogen) atoms. The standard InChI is InChI=1S/C25H25N5O6/c1-3-25(35)19-17(12-36-24(25)34)23(33)29-11-16-15(10-27-30(8-9-31)13(2)32)14-6-4-5-7-18(14)28-21(16)22(29)20(19)26/h4-7,10,31,35H,3,8-9,11-12,26H2,1-2H3. The highest BCUT2D eigenvalue weighted by Crippen LogP contribution is 2.44. The number of nitrogen functional groups attached to an aromatic ring is 1. The number of anilines is 1. The van der Waals surface area contributed by atoms with Gasteiger partial charge in [0.05, 0.1) is 54.1 Å². The van der Waals surface area contributed by atoms with E-state index in [1.807, 2.05) is 18.2 Å². The van der Waals surface area contributed by atoms with Crippen LogP contribution in [-0.4, -0.2) is 56.0 Å². The summed E-state index contributed by atoms with van der Waals surface area (Å²) < 4.78 is 6.59. The first-order valence-electron chi connectivity index (χ1n) is 11.5. The predicted molar refractivity (Wildman–Crippen MR) is 131 cm³/mol. The van der Waals surface area contributed by atoms with Gasteiger partial charge in [-0.2, -0.15) is 5.10 Å². The number of amides is 1. The van der Waals surface area contributed by atoms with Crippen molar-refractivity contribution in [3.8, 4) is 11.4 Å². The number of esters is 1. The number of hydrazone groups is 1. The number of benzene rings is 1. The van der Waals surface area contributed by atoms with Gasteiger partial charge in [0.1, 0.15) is 6.61 Å². The molecule has 1 atom stereocenters. The van der Waals surface area contributed by atoms with Crippen molar-refractivity contribution >= 4 is 34.7 Å². The molecule has 2 aliphatic rings. The summed E-state index contributed by atoms with van der Waals surface area (Å²) in [5.41, 5.74) is 7.05. The van der Waals surface area contributed by atoms with Crippen LogP contribution in [0.15, 0.2) is 34.2 Å². The molecule has 0 saturated carbocycles. The van der Waals surface area contributed by atoms with Gasteiger partial charge in [0.2, 0.25) is 5.91 Å². The Labute approximate surface area is 205 Å². The molecule has 0 saturated heterocycles. The van der Waals surface area contributed by atoms with E-state index in [4.69, 9.17) is 15.5 Å². The molecule has 186 valence electrons. The number of pyridine rings is 2. The van der Waals surface area contributed by atoms with E-state index >= 15 is 0 Å². The van der Waals surface area contributed by atoms with E-state index in [9.17, 15) is 24.6 Å². The van der Waals surface area contributed by atoms with Gasteiger partial charge in [-0.25, -0.2) is 14.8 Å². The number of aliphatic hydroxyl groups is 2. The van der Waals surface area contributed by atoms with Gasteiger partial charge in [0.25, 0.3) is 5.56 Å². The monoisotopic (exact) mass is 491 g/mol. The number of carbonyl (C=O) groups is 2. The fourth-order valence-electron chi connectivity index (χ4n) is 4.95. The number of hydrogen-bond acceptors (Lipinski definition) is 9. The molecule has 3 aromatic rings. The molecule has 0 radical (unpaired) electrons. The van der Waals surface area contributed by atoms with Gasteiger partial charge in [-0.15, -0.1) is 0 Å². The Balaban J connectivity index is 1.79. The normalized spacial score (nSPS) is 18.2. The van der Waals surface area contributed by atoms with Gasteiger partial charge in [-0.3, -0.25) is 9.59 Å². The number of nitrogens with two attached hydrogens (primary N) is 1. The highest BCUT2D eigenvalue weighted by Gasteiger charge is 2.47. The van der Waals surface area contributed by atoms with Gasteiger partial charge in [0, 0.05) is 29.0 Å². The Kier molecular flexibility index (Phi) is 5.61. The average molecular weight is 492 g/mol. The van der Waals surface area contributed by atoms with E-state index in [1.54, 1.807) is 13.0 Å². The Morgan fingerprint density at radius 3 is 2.78 bits per heavy atom. The molecule has 11 nitrogen and oxygen atoms in total. The maximum atomic E-state index is 13.5. The lowest BCUT2D eigenvalue weighted by atomic mass is 9.84. The minimum atomic E-state index is -2.04. The number of para-hydroxylation sites is 1. The minimum absolute atomic E-state index is 0.0203. The lowest BCUT2D eigenvalue weighted by Gasteiger charge is -2.33. The van der Waals surface area contributed by atoms with Crippen molar-refractivity contribution < 1.29 is 24.5 Å². The number of fused-ring (bicyclic) bond motifs is 5. The van der Waals surface area contributed by atoms with Gasteiger partial charge in [-0.1, -0.05) is 25.1 Å². The lowest BCUT2D eigenvalue weighted by Crippen LogP contribution is -2.45. The largest absolute Gasteiger partial charge is 0.458 e. The molecule has 5 rings (SSSR count). The van der Waals surface area contributed by atoms with Crippen LogP contribution in [0.3, 0.4) is 0 Å². The molecule has 2 aliphatic heterocycles. The van der Waals surface area contributed by atoms with E-state index in [1.165, 1.54) is 17.7 Å². The fourth-order valence-corrected chi connectivity index (χ4v) is 4.95. The van der Waals surface area contributed by atoms with Crippen LogP contribution in [-0.2, 0) is 33.1 Å². The molecular weight excluding hydrogens is 466 g/mol. The molecule has 1 amide bonds. The highest BCUT2D eigenvalue weighted by molar-refractivity contribution is 6.03. The van der Waals surface area contributed by atoms with Crippen LogP contribution in [0, 0.1) is 0 Å². The topological polar surface area (TPSA) is 160 Å². The molecule has 1 aromatic carbocycles. The third-order valence-corrected chi connectivity index (χ3v) is 6.79. The smallest absolute Gasteiger partial charge is 0.343 e. The number of ether oxygens (including phenoxy) is 1. The summed E-state index contributed by atoms with van der Waals surface area (Å²) in [6.07, 6.45) is 1.50. The Hall–Kier alpha value is -4.09. The number of cyclic esters (lactones) is 1. The Morgan fingerprint density at radius 1 is 1.33 bits per heavy atom. The van der Waals surface area contributed by atoms with Gasteiger partial charge >= 0.3 is 5.97 Å². The van der Waals surface area contributed by atoms with Crippen molar-refractivity contribution in [1.29, 1.82) is 0 Å². The Morgan fingerprint density at radius 2 is 2.08 bits per heavy atom. The van der Waals surface area contributed by atoms with Crippen LogP contribution in [0.2, 0.25) is 0 Å². The zero-order valence-electron chi connectivity index (χ0n) is 19.8. The molecule has 4 N–H and O–H groups in total. The summed E-state index contributed by atoms with van der Waals surface area (Å²) in [4.78, 5) is 42.8. The van der Waals surface area contributed by atoms with Crippen molar-refractivity contribution in [2.24, 2.45) is 5.10 Å². The summed E-state index contributed by atoms with van der Waals surface area (Å²) in [5.74, 6) is -1.19. The van der Waals surface area contributed by atoms with Crippen LogP contribution >= 0.6 is 0 Å². The second-order valence-corrected chi connectivity index (χ2v) is 8.78. The van der Waals surface area contributed by atoms with Crippen molar-refractivity contribution in [3.05, 3.63) is 56.9 Å². The van der Waals surface area contributed by atoms with E-state index in [0.717, 1.165) is 10.4 Å². The van der Waals surface area contributed by atoms with Gasteiger partial charge in [0.15, 0.2) is 5.60 Å². The number of nitrogens with zero attached hydrogens (tertiary/aromatic N) is 4. The summed E-state index contributed by atoms with van der Waals surface area (Å²) in [7, 11) is 0. The molecule has 11 heteroatoms. The van der Waals surface area contributed by atoms with Crippen molar-refractivity contribution in [2.75, 3.05) is 18.9 Å². The third-order valence-electron chi connectivity index (χ3n) is 6.79. The average Bonchev–Trinajstić information content (AvgIpc) is 3.25. The minimum Gasteiger partial charge on any atom is -0.458 e. The second-order valence-electron chi connectivity index (χ2n) is 8.78. The van der Waals surface area contributed by atoms with Crippen LogP contribution in [0.5, 0.6) is 0 Å². The number of aromatic nitrogens is 2. The maximum Gasteiger partial charge on any atom is 0.343 e. The SMILES string of the molecule is CCC1(O)C(=O)OCc2c1c(N)c1n(c2=O)Cc2c-1nc1ccccc1c2C=NN(CCO)C(C)=O. The highest BCUT2D eigenvalue weighted by atomic mass is 16.6. The van der Waals surface area contributed by atoms with Crippen molar-refractivity contribution in [2.45, 2.75) is 39.0 Å². The first-order valence-corrected chi connectivity index (χ1v) is 11.5. The number of rotatable bonds is 5. The molecule has 1 unspecified atom stereocenters. The summed E-state index contributed by atoms with van der Waals surface area (Å²) in [6.45, 7) is 2.58. The molecule has 2 aromatic heterocycles. The quantitative estimate of drug-likeness (QED) is 0.210. The van der Waals surface area contributed by atoms with E-state index in [-0.39, 0.29) is 55.4 Å². The van der Waals surface area contributed by atoms with Crippen LogP contribution in [0.4, 0.5) is 5.69 Å². The first-order chi connectivity index (χ1) is 17.2. The molecule has 0 aliphatic carbocycles. The van der Waals surface area contributed by atoms with Crippen molar-refractivity contribution in [1.82, 2.24) is 14.6 Å². The number of hydrogen-bond donors (Lipinski definition) is 3. The van der Waals surface area contributed by atoms with Gasteiger partial charge < -0.3 is 25.3 Å². The molecule has 0 spiro atoms. The number of carbonyl (C=O) groups excluding carboxylic acids is 2. The molecular formula is C25H25N5O6. The fraction of sp³-hybridized carbons (Fsp3) is 0.320. The molecule has 0 fully saturated rings. The summed E-state index contributed by atoms with van der Waals surface area (Å²) in [5, 5.41) is 26.6. The third kappa shape index (κ3) is 3.31. The molecule has 0 bridgehead atoms. The maximum absolute atomic E-state index is 13.5. The van der Waals surface area contributed by atoms with Crippen LogP contribution in [0.25, 0.3) is 22.3 Å². The van der Waals surface area contributed by atoms with Crippen LogP contribution in [0.1, 0.15) is 42.5 Å². The molecule has 4 heterocycles.